The van der Waals surface area contributed by atoms with Gasteiger partial charge in [-0.1, -0.05) is 0 Å². The number of nitrogens with zero attached hydrogens (tertiary/aromatic N) is 3. The van der Waals surface area contributed by atoms with Gasteiger partial charge >= 0.3 is 0 Å². The van der Waals surface area contributed by atoms with Gasteiger partial charge in [-0.15, -0.1) is 11.6 Å². The molecule has 1 aliphatic heterocycles. The van der Waals surface area contributed by atoms with Crippen molar-refractivity contribution in [1.82, 2.24) is 9.97 Å². The lowest BCUT2D eigenvalue weighted by Gasteiger charge is -2.33. The maximum atomic E-state index is 11.5. The summed E-state index contributed by atoms with van der Waals surface area (Å²) in [6.07, 6.45) is 1.71. The molecule has 0 N–H and O–H groups in total. The van der Waals surface area contributed by atoms with Crippen molar-refractivity contribution in [3.05, 3.63) is 17.5 Å². The van der Waals surface area contributed by atoms with E-state index < -0.39 is 9.84 Å². The quantitative estimate of drug-likeness (QED) is 0.764. The van der Waals surface area contributed by atoms with E-state index in [2.05, 4.69) is 9.97 Å². The van der Waals surface area contributed by atoms with Crippen LogP contribution in [0.3, 0.4) is 0 Å². The Balaban J connectivity index is 2.25. The van der Waals surface area contributed by atoms with E-state index in [1.807, 2.05) is 18.7 Å². The Labute approximate surface area is 112 Å². The van der Waals surface area contributed by atoms with Gasteiger partial charge in [0.05, 0.1) is 17.4 Å². The van der Waals surface area contributed by atoms with Crippen molar-refractivity contribution in [2.75, 3.05) is 23.0 Å². The molecule has 1 aromatic rings. The van der Waals surface area contributed by atoms with Gasteiger partial charge in [0.1, 0.15) is 0 Å². The molecular weight excluding hydrogens is 274 g/mol. The molecule has 1 aliphatic rings. The Kier molecular flexibility index (Phi) is 3.77. The highest BCUT2D eigenvalue weighted by atomic mass is 35.5. The van der Waals surface area contributed by atoms with E-state index in [9.17, 15) is 8.42 Å². The number of aromatic nitrogens is 2. The fourth-order valence-corrected chi connectivity index (χ4v) is 3.86. The summed E-state index contributed by atoms with van der Waals surface area (Å²) in [5.41, 5.74) is 1.74. The van der Waals surface area contributed by atoms with Crippen LogP contribution in [0.5, 0.6) is 0 Å². The van der Waals surface area contributed by atoms with Crippen LogP contribution in [0.4, 0.5) is 5.95 Å². The first kappa shape index (κ1) is 13.5. The molecule has 18 heavy (non-hydrogen) atoms. The zero-order valence-corrected chi connectivity index (χ0v) is 12.0. The maximum Gasteiger partial charge on any atom is 0.225 e. The number of halogens is 1. The van der Waals surface area contributed by atoms with Crippen molar-refractivity contribution in [3.63, 3.8) is 0 Å². The van der Waals surface area contributed by atoms with E-state index in [1.54, 1.807) is 6.20 Å². The molecule has 5 nitrogen and oxygen atoms in total. The van der Waals surface area contributed by atoms with Gasteiger partial charge in [-0.2, -0.15) is 0 Å². The topological polar surface area (TPSA) is 63.2 Å². The lowest BCUT2D eigenvalue weighted by Crippen LogP contribution is -2.47. The van der Waals surface area contributed by atoms with E-state index in [4.69, 9.17) is 11.6 Å². The molecule has 0 radical (unpaired) electrons. The first-order chi connectivity index (χ1) is 8.43. The second-order valence-electron chi connectivity index (χ2n) is 4.57. The van der Waals surface area contributed by atoms with Gasteiger partial charge in [0.2, 0.25) is 5.95 Å². The molecule has 2 heterocycles. The Morgan fingerprint density at radius 2 is 2.28 bits per heavy atom. The molecule has 0 spiro atoms. The number of alkyl halides is 1. The molecule has 0 aromatic carbocycles. The molecule has 0 aliphatic carbocycles. The normalized spacial score (nSPS) is 23.1. The van der Waals surface area contributed by atoms with E-state index in [-0.39, 0.29) is 17.5 Å². The number of aryl methyl sites for hydroxylation is 1. The molecular formula is C11H16ClN3O2S. The van der Waals surface area contributed by atoms with Crippen LogP contribution in [0.25, 0.3) is 0 Å². The summed E-state index contributed by atoms with van der Waals surface area (Å²) < 4.78 is 23.0. The first-order valence-corrected chi connectivity index (χ1v) is 8.14. The van der Waals surface area contributed by atoms with Crippen molar-refractivity contribution in [1.29, 1.82) is 0 Å². The van der Waals surface area contributed by atoms with Gasteiger partial charge in [-0.3, -0.25) is 0 Å². The highest BCUT2D eigenvalue weighted by Gasteiger charge is 2.29. The highest BCUT2D eigenvalue weighted by molar-refractivity contribution is 7.91. The molecule has 1 aromatic heterocycles. The van der Waals surface area contributed by atoms with Crippen molar-refractivity contribution < 1.29 is 8.42 Å². The van der Waals surface area contributed by atoms with Gasteiger partial charge in [0.15, 0.2) is 9.84 Å². The van der Waals surface area contributed by atoms with Crippen LogP contribution < -0.4 is 4.90 Å². The summed E-state index contributed by atoms with van der Waals surface area (Å²) >= 11 is 5.76. The minimum Gasteiger partial charge on any atom is -0.336 e. The third-order valence-corrected chi connectivity index (χ3v) is 5.22. The second kappa shape index (κ2) is 5.01. The SMILES string of the molecule is Cc1nc(N2CCS(=O)(=O)CC2C)ncc1CCl. The van der Waals surface area contributed by atoms with Crippen LogP contribution in [0.15, 0.2) is 6.20 Å². The summed E-state index contributed by atoms with van der Waals surface area (Å²) in [6, 6.07) is -0.0926. The highest BCUT2D eigenvalue weighted by Crippen LogP contribution is 2.19. The van der Waals surface area contributed by atoms with Crippen LogP contribution in [-0.4, -0.2) is 42.5 Å². The van der Waals surface area contributed by atoms with Crippen molar-refractivity contribution in [2.45, 2.75) is 25.8 Å². The van der Waals surface area contributed by atoms with Crippen molar-refractivity contribution in [3.8, 4) is 0 Å². The predicted molar refractivity (Wildman–Crippen MR) is 71.8 cm³/mol. The molecule has 1 saturated heterocycles. The van der Waals surface area contributed by atoms with Crippen LogP contribution in [0, 0.1) is 6.92 Å². The molecule has 100 valence electrons. The molecule has 7 heteroatoms. The molecule has 2 rings (SSSR count). The fourth-order valence-electron chi connectivity index (χ4n) is 2.05. The average Bonchev–Trinajstić information content (AvgIpc) is 2.27. The van der Waals surface area contributed by atoms with E-state index in [1.165, 1.54) is 0 Å². The second-order valence-corrected chi connectivity index (χ2v) is 7.07. The van der Waals surface area contributed by atoms with E-state index in [0.29, 0.717) is 18.4 Å². The van der Waals surface area contributed by atoms with Crippen molar-refractivity contribution in [2.24, 2.45) is 0 Å². The van der Waals surface area contributed by atoms with Crippen LogP contribution in [0.1, 0.15) is 18.2 Å². The largest absolute Gasteiger partial charge is 0.336 e. The number of hydrogen-bond donors (Lipinski definition) is 0. The summed E-state index contributed by atoms with van der Waals surface area (Å²) in [4.78, 5) is 10.6. The minimum atomic E-state index is -2.91. The summed E-state index contributed by atoms with van der Waals surface area (Å²) in [7, 11) is -2.91. The predicted octanol–water partition coefficient (Wildman–Crippen LogP) is 1.15. The third kappa shape index (κ3) is 2.75. The number of anilines is 1. The molecule has 1 atom stereocenters. The zero-order valence-electron chi connectivity index (χ0n) is 10.4. The van der Waals surface area contributed by atoms with Gasteiger partial charge in [-0.05, 0) is 13.8 Å². The smallest absolute Gasteiger partial charge is 0.225 e. The standard InChI is InChI=1S/C11H16ClN3O2S/c1-8-7-18(16,17)4-3-15(8)11-13-6-10(5-12)9(2)14-11/h6,8H,3-5,7H2,1-2H3. The molecule has 1 fully saturated rings. The number of hydrogen-bond acceptors (Lipinski definition) is 5. The van der Waals surface area contributed by atoms with E-state index in [0.717, 1.165) is 11.3 Å². The first-order valence-electron chi connectivity index (χ1n) is 5.78. The lowest BCUT2D eigenvalue weighted by molar-refractivity contribution is 0.564. The van der Waals surface area contributed by atoms with Gasteiger partial charge in [0, 0.05) is 30.0 Å². The lowest BCUT2D eigenvalue weighted by atomic mass is 10.3. The Morgan fingerprint density at radius 1 is 1.56 bits per heavy atom. The van der Waals surface area contributed by atoms with Gasteiger partial charge in [-0.25, -0.2) is 18.4 Å². The van der Waals surface area contributed by atoms with Crippen LogP contribution >= 0.6 is 11.6 Å². The number of rotatable bonds is 2. The molecule has 1 unspecified atom stereocenters. The Hall–Kier alpha value is -0.880. The third-order valence-electron chi connectivity index (χ3n) is 3.14. The van der Waals surface area contributed by atoms with Crippen LogP contribution in [-0.2, 0) is 15.7 Å². The average molecular weight is 290 g/mol. The van der Waals surface area contributed by atoms with Gasteiger partial charge in [0.25, 0.3) is 0 Å². The molecule has 0 saturated carbocycles. The zero-order chi connectivity index (χ0) is 13.3. The summed E-state index contributed by atoms with van der Waals surface area (Å²) in [5, 5.41) is 0. The summed E-state index contributed by atoms with van der Waals surface area (Å²) in [6.45, 7) is 4.21. The van der Waals surface area contributed by atoms with Crippen molar-refractivity contribution >= 4 is 27.4 Å². The molecule has 0 bridgehead atoms. The molecule has 0 amide bonds. The van der Waals surface area contributed by atoms with Crippen LogP contribution in [0.2, 0.25) is 0 Å². The Bertz CT molecular complexity index is 547. The minimum absolute atomic E-state index is 0.0926. The fraction of sp³-hybridized carbons (Fsp3) is 0.636. The number of sulfone groups is 1. The van der Waals surface area contributed by atoms with E-state index >= 15 is 0 Å². The maximum absolute atomic E-state index is 11.5. The Morgan fingerprint density at radius 3 is 2.83 bits per heavy atom. The van der Waals surface area contributed by atoms with Gasteiger partial charge < -0.3 is 4.90 Å². The monoisotopic (exact) mass is 289 g/mol. The summed E-state index contributed by atoms with van der Waals surface area (Å²) in [5.74, 6) is 1.29.